The Morgan fingerprint density at radius 1 is 0.470 bits per heavy atom. The quantitative estimate of drug-likeness (QED) is 0.167. The molecule has 0 bridgehead atoms. The number of hydrogen-bond donors (Lipinski definition) is 0. The molecular weight excluding hydrogens is 803 g/mol. The molecule has 1 unspecified atom stereocenters. The second-order valence-corrected chi connectivity index (χ2v) is 17.3. The highest BCUT2D eigenvalue weighted by atomic mass is 16.3. The van der Waals surface area contributed by atoms with Crippen LogP contribution in [0.15, 0.2) is 229 Å². The van der Waals surface area contributed by atoms with Crippen LogP contribution in [0.2, 0.25) is 0 Å². The van der Waals surface area contributed by atoms with Crippen molar-refractivity contribution in [3.8, 4) is 33.6 Å². The Hall–Kier alpha value is -8.60. The fraction of sp³-hybridized carbons (Fsp3) is 0.0323. The molecular formula is C62H43N3O. The summed E-state index contributed by atoms with van der Waals surface area (Å²) in [6, 6.07) is 76.7. The highest BCUT2D eigenvalue weighted by Crippen LogP contribution is 2.45. The maximum atomic E-state index is 6.21. The first-order valence-electron chi connectivity index (χ1n) is 22.7. The van der Waals surface area contributed by atoms with Crippen molar-refractivity contribution in [3.63, 3.8) is 0 Å². The summed E-state index contributed by atoms with van der Waals surface area (Å²) in [7, 11) is 0. The van der Waals surface area contributed by atoms with Gasteiger partial charge < -0.3 is 18.5 Å². The van der Waals surface area contributed by atoms with E-state index < -0.39 is 0 Å². The molecule has 1 aliphatic heterocycles. The van der Waals surface area contributed by atoms with Crippen LogP contribution in [0.3, 0.4) is 0 Å². The van der Waals surface area contributed by atoms with Crippen LogP contribution in [0.1, 0.15) is 12.5 Å². The lowest BCUT2D eigenvalue weighted by Crippen LogP contribution is -2.36. The third kappa shape index (κ3) is 5.71. The highest BCUT2D eigenvalue weighted by Gasteiger charge is 2.34. The van der Waals surface area contributed by atoms with Gasteiger partial charge in [-0.1, -0.05) is 158 Å². The van der Waals surface area contributed by atoms with E-state index in [0.717, 1.165) is 60.9 Å². The summed E-state index contributed by atoms with van der Waals surface area (Å²) < 4.78 is 11.2. The van der Waals surface area contributed by atoms with Crippen LogP contribution in [0.5, 0.6) is 0 Å². The van der Waals surface area contributed by atoms with Gasteiger partial charge in [-0.05, 0) is 102 Å². The Kier molecular flexibility index (Phi) is 8.62. The van der Waals surface area contributed by atoms with Gasteiger partial charge in [-0.25, -0.2) is 0 Å². The highest BCUT2D eigenvalue weighted by molar-refractivity contribution is 6.21. The maximum absolute atomic E-state index is 6.21. The van der Waals surface area contributed by atoms with Crippen LogP contribution in [-0.4, -0.2) is 15.2 Å². The molecule has 13 rings (SSSR count). The van der Waals surface area contributed by atoms with Crippen molar-refractivity contribution in [3.05, 3.63) is 241 Å². The number of furan rings is 1. The van der Waals surface area contributed by atoms with Crippen molar-refractivity contribution >= 4 is 77.7 Å². The first-order chi connectivity index (χ1) is 32.6. The van der Waals surface area contributed by atoms with Crippen molar-refractivity contribution in [1.29, 1.82) is 0 Å². The van der Waals surface area contributed by atoms with Crippen LogP contribution in [-0.2, 0) is 0 Å². The fourth-order valence-electron chi connectivity index (χ4n) is 10.9. The summed E-state index contributed by atoms with van der Waals surface area (Å²) >= 11 is 0. The van der Waals surface area contributed by atoms with Gasteiger partial charge in [0.05, 0.1) is 27.9 Å². The van der Waals surface area contributed by atoms with E-state index in [-0.39, 0.29) is 6.04 Å². The lowest BCUT2D eigenvalue weighted by atomic mass is 10.0. The van der Waals surface area contributed by atoms with Crippen molar-refractivity contribution in [2.75, 3.05) is 4.90 Å². The van der Waals surface area contributed by atoms with Crippen LogP contribution < -0.4 is 15.5 Å². The Morgan fingerprint density at radius 2 is 1.11 bits per heavy atom. The van der Waals surface area contributed by atoms with Gasteiger partial charge in [0, 0.05) is 66.0 Å². The Balaban J connectivity index is 1.08. The van der Waals surface area contributed by atoms with Gasteiger partial charge in [0.1, 0.15) is 11.2 Å². The van der Waals surface area contributed by atoms with Crippen LogP contribution in [0, 0.1) is 0 Å². The summed E-state index contributed by atoms with van der Waals surface area (Å²) in [6.07, 6.45) is 4.16. The zero-order valence-corrected chi connectivity index (χ0v) is 36.4. The number of benzene rings is 9. The normalized spacial score (nSPS) is 14.9. The minimum Gasteiger partial charge on any atom is -0.456 e. The number of fused-ring (bicyclic) bond motifs is 9. The number of allylic oxidation sites excluding steroid dienone is 1. The molecule has 12 aromatic rings. The molecule has 1 aliphatic rings. The molecule has 0 saturated heterocycles. The van der Waals surface area contributed by atoms with Gasteiger partial charge >= 0.3 is 0 Å². The van der Waals surface area contributed by atoms with E-state index in [9.17, 15) is 0 Å². The number of rotatable bonds is 6. The van der Waals surface area contributed by atoms with Crippen molar-refractivity contribution < 1.29 is 4.42 Å². The molecule has 0 saturated carbocycles. The average molecular weight is 846 g/mol. The minimum absolute atomic E-state index is 0.0285. The van der Waals surface area contributed by atoms with Gasteiger partial charge in [-0.3, -0.25) is 0 Å². The SMILES string of the molecule is C=C/C=c1\c(=C2\c3ccccc3N(c3cccc(-c4ccc5oc6ccccc6c5c4)c3)C2C)n(-c2ccccc2)c2c1ccc1c2c2ccccc2n1-c1cccc(-c2ccccc2)c1. The molecule has 4 heteroatoms. The fourth-order valence-corrected chi connectivity index (χ4v) is 10.9. The lowest BCUT2D eigenvalue weighted by molar-refractivity contribution is 0.669. The Bertz CT molecular complexity index is 4040. The van der Waals surface area contributed by atoms with E-state index in [0.29, 0.717) is 0 Å². The molecule has 4 nitrogen and oxygen atoms in total. The minimum atomic E-state index is -0.0285. The predicted octanol–water partition coefficient (Wildman–Crippen LogP) is 14.7. The molecule has 3 aromatic heterocycles. The molecule has 0 fully saturated rings. The van der Waals surface area contributed by atoms with Crippen LogP contribution in [0.4, 0.5) is 11.4 Å². The van der Waals surface area contributed by atoms with Gasteiger partial charge in [0.2, 0.25) is 0 Å². The van der Waals surface area contributed by atoms with Crippen LogP contribution >= 0.6 is 0 Å². The first kappa shape index (κ1) is 37.9. The van der Waals surface area contributed by atoms with Gasteiger partial charge in [-0.15, -0.1) is 0 Å². The summed E-state index contributed by atoms with van der Waals surface area (Å²) in [6.45, 7) is 6.66. The zero-order chi connectivity index (χ0) is 43.9. The molecule has 0 spiro atoms. The molecule has 0 amide bonds. The van der Waals surface area contributed by atoms with E-state index in [2.05, 4.69) is 234 Å². The molecule has 4 heterocycles. The van der Waals surface area contributed by atoms with E-state index in [1.165, 1.54) is 60.5 Å². The molecule has 9 aromatic carbocycles. The number of nitrogens with zero attached hydrogens (tertiary/aromatic N) is 3. The average Bonchev–Trinajstić information content (AvgIpc) is 4.10. The summed E-state index contributed by atoms with van der Waals surface area (Å²) in [4.78, 5) is 2.52. The van der Waals surface area contributed by atoms with Crippen molar-refractivity contribution in [2.45, 2.75) is 13.0 Å². The number of aromatic nitrogens is 2. The largest absolute Gasteiger partial charge is 0.456 e. The smallest absolute Gasteiger partial charge is 0.135 e. The van der Waals surface area contributed by atoms with Gasteiger partial charge in [0.15, 0.2) is 0 Å². The zero-order valence-electron chi connectivity index (χ0n) is 36.4. The second-order valence-electron chi connectivity index (χ2n) is 17.3. The van der Waals surface area contributed by atoms with E-state index in [1.807, 2.05) is 18.2 Å². The Morgan fingerprint density at radius 3 is 1.94 bits per heavy atom. The van der Waals surface area contributed by atoms with Crippen molar-refractivity contribution in [1.82, 2.24) is 9.13 Å². The number of para-hydroxylation sites is 4. The summed E-state index contributed by atoms with van der Waals surface area (Å²) in [5.41, 5.74) is 17.0. The first-order valence-corrected chi connectivity index (χ1v) is 22.7. The summed E-state index contributed by atoms with van der Waals surface area (Å²) in [5.74, 6) is 0. The molecule has 0 aliphatic carbocycles. The maximum Gasteiger partial charge on any atom is 0.135 e. The van der Waals surface area contributed by atoms with Crippen molar-refractivity contribution in [2.24, 2.45) is 0 Å². The van der Waals surface area contributed by atoms with Crippen LogP contribution in [0.25, 0.3) is 99.9 Å². The monoisotopic (exact) mass is 845 g/mol. The van der Waals surface area contributed by atoms with Gasteiger partial charge in [0.25, 0.3) is 0 Å². The second kappa shape index (κ2) is 15.0. The molecule has 1 atom stereocenters. The predicted molar refractivity (Wildman–Crippen MR) is 277 cm³/mol. The molecule has 0 radical (unpaired) electrons. The topological polar surface area (TPSA) is 26.2 Å². The molecule has 66 heavy (non-hydrogen) atoms. The summed E-state index contributed by atoms with van der Waals surface area (Å²) in [5, 5.41) is 8.19. The molecule has 0 N–H and O–H groups in total. The number of hydrogen-bond acceptors (Lipinski definition) is 2. The van der Waals surface area contributed by atoms with E-state index in [4.69, 9.17) is 4.42 Å². The van der Waals surface area contributed by atoms with E-state index in [1.54, 1.807) is 0 Å². The standard InChI is InChI=1S/C62H43N3O/c1-3-18-49-50-34-35-56-60(52-29-11-14-31-55(52)64(56)47-26-16-21-42(37-47)41-19-6-4-7-20-41)62(50)65(45-23-8-5-9-24-45)61(49)59-40(2)63(54-30-13-10-28-51(54)59)46-25-17-22-43(38-46)44-33-36-58-53(39-44)48-27-12-15-32-57(48)66-58/h3-40H,1H2,2H3/b49-18-,61-59-. The Labute approximate surface area is 382 Å². The lowest BCUT2D eigenvalue weighted by Gasteiger charge is -2.26. The third-order valence-electron chi connectivity index (χ3n) is 13.7. The third-order valence-corrected chi connectivity index (χ3v) is 13.7. The number of anilines is 2. The molecule has 312 valence electrons. The van der Waals surface area contributed by atoms with E-state index >= 15 is 0 Å². The van der Waals surface area contributed by atoms with Gasteiger partial charge in [-0.2, -0.15) is 0 Å².